The summed E-state index contributed by atoms with van der Waals surface area (Å²) in [5.74, 6) is 0.0359. The molecule has 0 aromatic heterocycles. The molecule has 2 unspecified atom stereocenters. The number of alkyl halides is 1. The number of hydrogen-bond acceptors (Lipinski definition) is 2. The number of rotatable bonds is 1. The van der Waals surface area contributed by atoms with Gasteiger partial charge in [-0.25, -0.2) is 0 Å². The van der Waals surface area contributed by atoms with Gasteiger partial charge in [0, 0.05) is 19.0 Å². The second-order valence-corrected chi connectivity index (χ2v) is 2.57. The summed E-state index contributed by atoms with van der Waals surface area (Å²) in [5, 5.41) is 11.9. The lowest BCUT2D eigenvalue weighted by atomic mass is 9.99. The molecule has 1 aliphatic rings. The first-order valence-electron chi connectivity index (χ1n) is 3.27. The van der Waals surface area contributed by atoms with Crippen LogP contribution in [0.15, 0.2) is 0 Å². The van der Waals surface area contributed by atoms with Gasteiger partial charge < -0.3 is 10.4 Å². The van der Waals surface area contributed by atoms with Gasteiger partial charge in [-0.05, 0) is 6.42 Å². The van der Waals surface area contributed by atoms with Crippen LogP contribution in [0.25, 0.3) is 0 Å². The molecule has 1 saturated heterocycles. The summed E-state index contributed by atoms with van der Waals surface area (Å²) in [5.41, 5.74) is 0. The summed E-state index contributed by atoms with van der Waals surface area (Å²) >= 11 is 0. The van der Waals surface area contributed by atoms with Gasteiger partial charge in [0.2, 0.25) is 0 Å². The van der Waals surface area contributed by atoms with Crippen LogP contribution in [0.1, 0.15) is 6.42 Å². The van der Waals surface area contributed by atoms with Crippen molar-refractivity contribution >= 4 is 0 Å². The first-order valence-corrected chi connectivity index (χ1v) is 3.27. The van der Waals surface area contributed by atoms with Gasteiger partial charge >= 0.3 is 0 Å². The summed E-state index contributed by atoms with van der Waals surface area (Å²) in [6.07, 6.45) is 0.281. The molecule has 1 rings (SSSR count). The Morgan fingerprint density at radius 1 is 1.56 bits per heavy atom. The molecule has 9 heavy (non-hydrogen) atoms. The van der Waals surface area contributed by atoms with E-state index in [1.165, 1.54) is 0 Å². The molecule has 2 atom stereocenters. The average molecular weight is 133 g/mol. The largest absolute Gasteiger partial charge is 0.392 e. The van der Waals surface area contributed by atoms with Gasteiger partial charge in [-0.15, -0.1) is 0 Å². The molecule has 0 aromatic rings. The third kappa shape index (κ3) is 1.91. The van der Waals surface area contributed by atoms with Gasteiger partial charge in [-0.1, -0.05) is 0 Å². The van der Waals surface area contributed by atoms with Crippen molar-refractivity contribution in [1.82, 2.24) is 5.32 Å². The molecule has 2 nitrogen and oxygen atoms in total. The maximum absolute atomic E-state index is 11.9. The fourth-order valence-electron chi connectivity index (χ4n) is 1.12. The fourth-order valence-corrected chi connectivity index (χ4v) is 1.12. The third-order valence-corrected chi connectivity index (χ3v) is 1.64. The highest BCUT2D eigenvalue weighted by Crippen LogP contribution is 2.10. The van der Waals surface area contributed by atoms with Crippen molar-refractivity contribution in [2.45, 2.75) is 12.5 Å². The molecule has 0 radical (unpaired) electrons. The topological polar surface area (TPSA) is 32.3 Å². The van der Waals surface area contributed by atoms with Gasteiger partial charge in [0.25, 0.3) is 0 Å². The maximum atomic E-state index is 11.9. The van der Waals surface area contributed by atoms with Gasteiger partial charge in [0.1, 0.15) is 0 Å². The summed E-state index contributed by atoms with van der Waals surface area (Å²) in [4.78, 5) is 0. The third-order valence-electron chi connectivity index (χ3n) is 1.64. The summed E-state index contributed by atoms with van der Waals surface area (Å²) in [6, 6.07) is 0. The molecule has 0 saturated carbocycles. The van der Waals surface area contributed by atoms with E-state index in [1.807, 2.05) is 0 Å². The van der Waals surface area contributed by atoms with Crippen LogP contribution in [-0.4, -0.2) is 31.0 Å². The van der Waals surface area contributed by atoms with Crippen LogP contribution in [0.2, 0.25) is 0 Å². The van der Waals surface area contributed by atoms with E-state index in [2.05, 4.69) is 5.32 Å². The number of aliphatic hydroxyl groups is 1. The van der Waals surface area contributed by atoms with E-state index in [-0.39, 0.29) is 18.7 Å². The minimum atomic E-state index is -0.334. The van der Waals surface area contributed by atoms with Crippen molar-refractivity contribution in [2.75, 3.05) is 19.8 Å². The van der Waals surface area contributed by atoms with Gasteiger partial charge in [0.15, 0.2) is 0 Å². The molecule has 54 valence electrons. The lowest BCUT2D eigenvalue weighted by Crippen LogP contribution is -2.39. The van der Waals surface area contributed by atoms with E-state index in [1.54, 1.807) is 0 Å². The molecule has 0 aliphatic carbocycles. The quantitative estimate of drug-likeness (QED) is 0.524. The molecule has 2 N–H and O–H groups in total. The van der Waals surface area contributed by atoms with Crippen LogP contribution in [0.4, 0.5) is 4.39 Å². The van der Waals surface area contributed by atoms with Crippen molar-refractivity contribution in [3.63, 3.8) is 0 Å². The van der Waals surface area contributed by atoms with E-state index in [9.17, 15) is 4.39 Å². The Morgan fingerprint density at radius 2 is 2.33 bits per heavy atom. The van der Waals surface area contributed by atoms with Crippen molar-refractivity contribution in [2.24, 2.45) is 5.92 Å². The SMILES string of the molecule is OC1CNCC(CF)C1. The minimum absolute atomic E-state index is 0.0359. The van der Waals surface area contributed by atoms with Crippen molar-refractivity contribution in [1.29, 1.82) is 0 Å². The Morgan fingerprint density at radius 3 is 2.78 bits per heavy atom. The monoisotopic (exact) mass is 133 g/mol. The molecule has 1 aliphatic heterocycles. The zero-order valence-corrected chi connectivity index (χ0v) is 5.31. The van der Waals surface area contributed by atoms with Gasteiger partial charge in [-0.3, -0.25) is 4.39 Å². The lowest BCUT2D eigenvalue weighted by molar-refractivity contribution is 0.105. The standard InChI is InChI=1S/C6H12FNO/c7-2-5-1-6(9)4-8-3-5/h5-6,8-9H,1-4H2. The van der Waals surface area contributed by atoms with Gasteiger partial charge in [-0.2, -0.15) is 0 Å². The Hall–Kier alpha value is -0.150. The fraction of sp³-hybridized carbons (Fsp3) is 1.00. The zero-order chi connectivity index (χ0) is 6.69. The lowest BCUT2D eigenvalue weighted by Gasteiger charge is -2.24. The number of halogens is 1. The van der Waals surface area contributed by atoms with Crippen molar-refractivity contribution < 1.29 is 9.50 Å². The second-order valence-electron chi connectivity index (χ2n) is 2.57. The molecular weight excluding hydrogens is 121 g/mol. The number of hydrogen-bond donors (Lipinski definition) is 2. The van der Waals surface area contributed by atoms with E-state index in [0.29, 0.717) is 19.5 Å². The van der Waals surface area contributed by atoms with Gasteiger partial charge in [0.05, 0.1) is 12.8 Å². The van der Waals surface area contributed by atoms with E-state index in [4.69, 9.17) is 5.11 Å². The molecular formula is C6H12FNO. The number of piperidine rings is 1. The van der Waals surface area contributed by atoms with Crippen molar-refractivity contribution in [3.05, 3.63) is 0 Å². The second kappa shape index (κ2) is 3.13. The average Bonchev–Trinajstić information content (AvgIpc) is 1.88. The Kier molecular flexibility index (Phi) is 2.42. The number of β-amino-alcohol motifs (C(OH)–C–C–N with tert-alkyl or cyclic N) is 1. The molecule has 3 heteroatoms. The highest BCUT2D eigenvalue weighted by molar-refractivity contribution is 4.74. The molecule has 1 fully saturated rings. The van der Waals surface area contributed by atoms with Crippen LogP contribution in [-0.2, 0) is 0 Å². The predicted molar refractivity (Wildman–Crippen MR) is 33.0 cm³/mol. The first kappa shape index (κ1) is 6.96. The molecule has 0 spiro atoms. The number of aliphatic hydroxyl groups excluding tert-OH is 1. The van der Waals surface area contributed by atoms with Crippen LogP contribution >= 0.6 is 0 Å². The zero-order valence-electron chi connectivity index (χ0n) is 5.31. The summed E-state index contributed by atoms with van der Waals surface area (Å²) in [6.45, 7) is 1.02. The van der Waals surface area contributed by atoms with E-state index in [0.717, 1.165) is 0 Å². The van der Waals surface area contributed by atoms with Crippen LogP contribution in [0.3, 0.4) is 0 Å². The van der Waals surface area contributed by atoms with Crippen LogP contribution in [0, 0.1) is 5.92 Å². The van der Waals surface area contributed by atoms with Crippen LogP contribution in [0.5, 0.6) is 0 Å². The first-order chi connectivity index (χ1) is 4.33. The Bertz CT molecular complexity index is 89.1. The number of nitrogens with one attached hydrogen (secondary N) is 1. The van der Waals surface area contributed by atoms with E-state index >= 15 is 0 Å². The highest BCUT2D eigenvalue weighted by atomic mass is 19.1. The van der Waals surface area contributed by atoms with E-state index < -0.39 is 0 Å². The molecule has 1 heterocycles. The maximum Gasteiger partial charge on any atom is 0.0935 e. The smallest absolute Gasteiger partial charge is 0.0935 e. The van der Waals surface area contributed by atoms with Crippen molar-refractivity contribution in [3.8, 4) is 0 Å². The highest BCUT2D eigenvalue weighted by Gasteiger charge is 2.18. The Balaban J connectivity index is 2.23. The Labute approximate surface area is 54.1 Å². The molecule has 0 bridgehead atoms. The summed E-state index contributed by atoms with van der Waals surface area (Å²) in [7, 11) is 0. The summed E-state index contributed by atoms with van der Waals surface area (Å²) < 4.78 is 11.9. The minimum Gasteiger partial charge on any atom is -0.392 e. The molecule has 0 aromatic carbocycles. The predicted octanol–water partition coefficient (Wildman–Crippen LogP) is -0.0737. The normalized spacial score (nSPS) is 36.7. The van der Waals surface area contributed by atoms with Crippen LogP contribution < -0.4 is 5.32 Å². The molecule has 0 amide bonds.